The van der Waals surface area contributed by atoms with Crippen molar-refractivity contribution in [3.8, 4) is 0 Å². The lowest BCUT2D eigenvalue weighted by Crippen LogP contribution is -2.56. The SMILES string of the molecule is CN1CCN(C(O)[C@@H]2CCCN2S(=O)(=O)c2ccc(N)cc2)CC1. The van der Waals surface area contributed by atoms with Crippen molar-refractivity contribution in [1.82, 2.24) is 14.1 Å². The molecule has 2 saturated heterocycles. The van der Waals surface area contributed by atoms with E-state index in [2.05, 4.69) is 11.9 Å². The Morgan fingerprint density at radius 3 is 2.38 bits per heavy atom. The van der Waals surface area contributed by atoms with Gasteiger partial charge < -0.3 is 15.7 Å². The number of sulfonamides is 1. The van der Waals surface area contributed by atoms with Crippen LogP contribution in [0.15, 0.2) is 29.2 Å². The molecule has 0 spiro atoms. The second-order valence-corrected chi connectivity index (χ2v) is 8.54. The normalized spacial score (nSPS) is 25.8. The summed E-state index contributed by atoms with van der Waals surface area (Å²) in [5, 5.41) is 10.8. The highest BCUT2D eigenvalue weighted by molar-refractivity contribution is 7.89. The van der Waals surface area contributed by atoms with Crippen molar-refractivity contribution in [3.05, 3.63) is 24.3 Å². The number of anilines is 1. The van der Waals surface area contributed by atoms with Crippen LogP contribution in [0.3, 0.4) is 0 Å². The first kappa shape index (κ1) is 17.6. The van der Waals surface area contributed by atoms with E-state index < -0.39 is 22.3 Å². The zero-order valence-corrected chi connectivity index (χ0v) is 14.8. The summed E-state index contributed by atoms with van der Waals surface area (Å²) in [6.45, 7) is 3.72. The fraction of sp³-hybridized carbons (Fsp3) is 0.625. The van der Waals surface area contributed by atoms with Gasteiger partial charge >= 0.3 is 0 Å². The topological polar surface area (TPSA) is 90.1 Å². The molecular weight excluding hydrogens is 328 g/mol. The predicted octanol–water partition coefficient (Wildman–Crippen LogP) is -0.0123. The molecule has 0 bridgehead atoms. The van der Waals surface area contributed by atoms with Crippen LogP contribution in [0.4, 0.5) is 5.69 Å². The van der Waals surface area contributed by atoms with E-state index in [0.29, 0.717) is 18.7 Å². The Kier molecular flexibility index (Phi) is 5.12. The zero-order valence-electron chi connectivity index (χ0n) is 14.0. The molecule has 2 aliphatic heterocycles. The van der Waals surface area contributed by atoms with Crippen molar-refractivity contribution in [2.75, 3.05) is 45.5 Å². The molecule has 8 heteroatoms. The maximum absolute atomic E-state index is 12.9. The molecule has 2 heterocycles. The maximum atomic E-state index is 12.9. The second-order valence-electron chi connectivity index (χ2n) is 6.65. The Balaban J connectivity index is 1.78. The zero-order chi connectivity index (χ0) is 17.3. The molecule has 7 nitrogen and oxygen atoms in total. The summed E-state index contributed by atoms with van der Waals surface area (Å²) in [6, 6.07) is 5.85. The van der Waals surface area contributed by atoms with E-state index in [9.17, 15) is 13.5 Å². The first-order valence-electron chi connectivity index (χ1n) is 8.37. The fourth-order valence-electron chi connectivity index (χ4n) is 3.47. The third-order valence-corrected chi connectivity index (χ3v) is 6.93. The van der Waals surface area contributed by atoms with Crippen LogP contribution < -0.4 is 5.73 Å². The third kappa shape index (κ3) is 3.43. The molecule has 2 fully saturated rings. The van der Waals surface area contributed by atoms with Gasteiger partial charge in [0.1, 0.15) is 6.23 Å². The molecular formula is C16H26N4O3S. The summed E-state index contributed by atoms with van der Waals surface area (Å²) in [7, 11) is -1.57. The van der Waals surface area contributed by atoms with Crippen molar-refractivity contribution >= 4 is 15.7 Å². The number of hydrogen-bond acceptors (Lipinski definition) is 6. The van der Waals surface area contributed by atoms with Crippen LogP contribution in [0.1, 0.15) is 12.8 Å². The number of benzene rings is 1. The predicted molar refractivity (Wildman–Crippen MR) is 92.8 cm³/mol. The molecule has 0 aromatic heterocycles. The molecule has 0 saturated carbocycles. The van der Waals surface area contributed by atoms with Crippen LogP contribution in [-0.4, -0.2) is 79.7 Å². The second kappa shape index (κ2) is 6.97. The highest BCUT2D eigenvalue weighted by atomic mass is 32.2. The van der Waals surface area contributed by atoms with E-state index in [0.717, 1.165) is 32.6 Å². The highest BCUT2D eigenvalue weighted by Crippen LogP contribution is 2.29. The molecule has 2 atom stereocenters. The van der Waals surface area contributed by atoms with Crippen LogP contribution in [0.5, 0.6) is 0 Å². The Morgan fingerprint density at radius 1 is 1.12 bits per heavy atom. The average molecular weight is 354 g/mol. The number of piperazine rings is 1. The molecule has 24 heavy (non-hydrogen) atoms. The molecule has 3 rings (SSSR count). The molecule has 2 aliphatic rings. The lowest BCUT2D eigenvalue weighted by Gasteiger charge is -2.39. The summed E-state index contributed by atoms with van der Waals surface area (Å²) in [4.78, 5) is 4.43. The number of aliphatic hydroxyl groups is 1. The third-order valence-electron chi connectivity index (χ3n) is 4.99. The number of rotatable bonds is 4. The summed E-state index contributed by atoms with van der Waals surface area (Å²) < 4.78 is 27.3. The summed E-state index contributed by atoms with van der Waals surface area (Å²) in [5.41, 5.74) is 6.18. The van der Waals surface area contributed by atoms with Crippen molar-refractivity contribution in [2.24, 2.45) is 0 Å². The van der Waals surface area contributed by atoms with E-state index in [1.165, 1.54) is 16.4 Å². The molecule has 0 aliphatic carbocycles. The van der Waals surface area contributed by atoms with Gasteiger partial charge in [-0.3, -0.25) is 4.90 Å². The minimum atomic E-state index is -3.62. The molecule has 0 amide bonds. The van der Waals surface area contributed by atoms with Gasteiger partial charge in [0.05, 0.1) is 10.9 Å². The monoisotopic (exact) mass is 354 g/mol. The summed E-state index contributed by atoms with van der Waals surface area (Å²) >= 11 is 0. The van der Waals surface area contributed by atoms with Gasteiger partial charge in [-0.15, -0.1) is 0 Å². The Hall–Kier alpha value is -1.19. The van der Waals surface area contributed by atoms with E-state index in [4.69, 9.17) is 5.73 Å². The molecule has 3 N–H and O–H groups in total. The molecule has 0 radical (unpaired) electrons. The maximum Gasteiger partial charge on any atom is 0.243 e. The van der Waals surface area contributed by atoms with Gasteiger partial charge in [-0.25, -0.2) is 8.42 Å². The van der Waals surface area contributed by atoms with Gasteiger partial charge in [-0.05, 0) is 44.2 Å². The van der Waals surface area contributed by atoms with Crippen molar-refractivity contribution in [2.45, 2.75) is 30.0 Å². The lowest BCUT2D eigenvalue weighted by molar-refractivity contribution is -0.0533. The molecule has 1 aromatic rings. The minimum absolute atomic E-state index is 0.231. The Morgan fingerprint density at radius 2 is 1.75 bits per heavy atom. The first-order chi connectivity index (χ1) is 11.4. The lowest BCUT2D eigenvalue weighted by atomic mass is 10.1. The van der Waals surface area contributed by atoms with Crippen LogP contribution in [0.25, 0.3) is 0 Å². The largest absolute Gasteiger partial charge is 0.399 e. The van der Waals surface area contributed by atoms with Crippen LogP contribution in [0.2, 0.25) is 0 Å². The fourth-order valence-corrected chi connectivity index (χ4v) is 5.16. The van der Waals surface area contributed by atoms with E-state index in [1.807, 2.05) is 4.90 Å². The average Bonchev–Trinajstić information content (AvgIpc) is 3.06. The van der Waals surface area contributed by atoms with Gasteiger partial charge in [0.15, 0.2) is 0 Å². The highest BCUT2D eigenvalue weighted by Gasteiger charge is 2.41. The van der Waals surface area contributed by atoms with Gasteiger partial charge in [0, 0.05) is 38.4 Å². The number of nitrogens with zero attached hydrogens (tertiary/aromatic N) is 3. The first-order valence-corrected chi connectivity index (χ1v) is 9.81. The van der Waals surface area contributed by atoms with Crippen molar-refractivity contribution in [3.63, 3.8) is 0 Å². The minimum Gasteiger partial charge on any atom is -0.399 e. The van der Waals surface area contributed by atoms with Gasteiger partial charge in [-0.2, -0.15) is 4.31 Å². The smallest absolute Gasteiger partial charge is 0.243 e. The van der Waals surface area contributed by atoms with Crippen LogP contribution >= 0.6 is 0 Å². The van der Waals surface area contributed by atoms with Crippen LogP contribution in [0, 0.1) is 0 Å². The number of aliphatic hydroxyl groups excluding tert-OH is 1. The standard InChI is InChI=1S/C16H26N4O3S/c1-18-9-11-19(12-10-18)16(21)15-3-2-8-20(15)24(22,23)14-6-4-13(17)5-7-14/h4-7,15-16,21H,2-3,8-12,17H2,1H3/t15-,16?/m0/s1. The molecule has 1 unspecified atom stereocenters. The molecule has 134 valence electrons. The Bertz CT molecular complexity index is 656. The number of nitrogen functional groups attached to an aromatic ring is 1. The van der Waals surface area contributed by atoms with Gasteiger partial charge in [-0.1, -0.05) is 0 Å². The quantitative estimate of drug-likeness (QED) is 0.739. The number of hydrogen-bond donors (Lipinski definition) is 2. The van der Waals surface area contributed by atoms with Crippen molar-refractivity contribution < 1.29 is 13.5 Å². The number of likely N-dealkylation sites (N-methyl/N-ethyl adjacent to an activating group) is 1. The van der Waals surface area contributed by atoms with Crippen molar-refractivity contribution in [1.29, 1.82) is 0 Å². The number of nitrogens with two attached hydrogens (primary N) is 1. The van der Waals surface area contributed by atoms with E-state index in [1.54, 1.807) is 12.1 Å². The van der Waals surface area contributed by atoms with E-state index in [-0.39, 0.29) is 4.90 Å². The van der Waals surface area contributed by atoms with Gasteiger partial charge in [0.25, 0.3) is 0 Å². The summed E-state index contributed by atoms with van der Waals surface area (Å²) in [6.07, 6.45) is 0.690. The summed E-state index contributed by atoms with van der Waals surface area (Å²) in [5.74, 6) is 0. The van der Waals surface area contributed by atoms with Crippen LogP contribution in [-0.2, 0) is 10.0 Å². The van der Waals surface area contributed by atoms with E-state index >= 15 is 0 Å². The van der Waals surface area contributed by atoms with Gasteiger partial charge in [0.2, 0.25) is 10.0 Å². The Labute approximate surface area is 143 Å². The molecule has 1 aromatic carbocycles.